The zero-order valence-corrected chi connectivity index (χ0v) is 9.61. The zero-order valence-electron chi connectivity index (χ0n) is 9.61. The van der Waals surface area contributed by atoms with Gasteiger partial charge in [-0.05, 0) is 18.2 Å². The van der Waals surface area contributed by atoms with Crippen LogP contribution in [-0.4, -0.2) is 25.4 Å². The molecule has 18 heavy (non-hydrogen) atoms. The number of benzene rings is 1. The number of halogens is 3. The molecule has 0 radical (unpaired) electrons. The maximum atomic E-state index is 12.5. The molecule has 100 valence electrons. The quantitative estimate of drug-likeness (QED) is 0.887. The number of nitrogens with two attached hydrogens (primary N) is 1. The lowest BCUT2D eigenvalue weighted by molar-refractivity contribution is -0.137. The van der Waals surface area contributed by atoms with Gasteiger partial charge in [0.15, 0.2) is 0 Å². The Hall–Kier alpha value is -1.27. The Kier molecular flexibility index (Phi) is 3.77. The molecule has 3 nitrogen and oxygen atoms in total. The van der Waals surface area contributed by atoms with Gasteiger partial charge in [-0.1, -0.05) is 6.07 Å². The van der Waals surface area contributed by atoms with E-state index in [9.17, 15) is 13.2 Å². The van der Waals surface area contributed by atoms with Crippen LogP contribution in [0.5, 0.6) is 5.75 Å². The first-order valence-electron chi connectivity index (χ1n) is 5.62. The maximum absolute atomic E-state index is 12.5. The maximum Gasteiger partial charge on any atom is 0.416 e. The topological polar surface area (TPSA) is 44.5 Å². The van der Waals surface area contributed by atoms with Crippen molar-refractivity contribution < 1.29 is 22.6 Å². The Bertz CT molecular complexity index is 409. The summed E-state index contributed by atoms with van der Waals surface area (Å²) < 4.78 is 48.2. The van der Waals surface area contributed by atoms with Crippen LogP contribution in [0.2, 0.25) is 0 Å². The van der Waals surface area contributed by atoms with Crippen LogP contribution in [0.15, 0.2) is 24.3 Å². The first kappa shape index (κ1) is 13.2. The molecular formula is C12H14F3NO2. The van der Waals surface area contributed by atoms with E-state index in [0.717, 1.165) is 12.1 Å². The minimum atomic E-state index is -4.36. The summed E-state index contributed by atoms with van der Waals surface area (Å²) in [6.07, 6.45) is -4.08. The van der Waals surface area contributed by atoms with E-state index in [1.165, 1.54) is 12.1 Å². The van der Waals surface area contributed by atoms with Gasteiger partial charge < -0.3 is 15.2 Å². The highest BCUT2D eigenvalue weighted by atomic mass is 19.4. The lowest BCUT2D eigenvalue weighted by Crippen LogP contribution is -2.41. The van der Waals surface area contributed by atoms with E-state index in [-0.39, 0.29) is 17.9 Å². The van der Waals surface area contributed by atoms with Crippen molar-refractivity contribution >= 4 is 0 Å². The second kappa shape index (κ2) is 5.16. The average Bonchev–Trinajstić information content (AvgIpc) is 2.28. The lowest BCUT2D eigenvalue weighted by Gasteiger charge is -2.27. The first-order valence-corrected chi connectivity index (χ1v) is 5.62. The van der Waals surface area contributed by atoms with Crippen molar-refractivity contribution in [1.82, 2.24) is 0 Å². The molecule has 2 rings (SSSR count). The number of alkyl halides is 3. The fraction of sp³-hybridized carbons (Fsp3) is 0.500. The van der Waals surface area contributed by atoms with Gasteiger partial charge in [0.05, 0.1) is 18.8 Å². The molecular weight excluding hydrogens is 247 g/mol. The summed E-state index contributed by atoms with van der Waals surface area (Å²) in [7, 11) is 0. The molecule has 2 N–H and O–H groups in total. The summed E-state index contributed by atoms with van der Waals surface area (Å²) in [6, 6.07) is 4.68. The van der Waals surface area contributed by atoms with E-state index in [1.54, 1.807) is 0 Å². The van der Waals surface area contributed by atoms with Crippen molar-refractivity contribution in [2.75, 3.05) is 13.2 Å². The largest absolute Gasteiger partial charge is 0.488 e. The van der Waals surface area contributed by atoms with Crippen LogP contribution in [-0.2, 0) is 10.9 Å². The molecule has 2 atom stereocenters. The lowest BCUT2D eigenvalue weighted by atomic mass is 10.1. The third-order valence-corrected chi connectivity index (χ3v) is 2.67. The number of ether oxygens (including phenoxy) is 2. The van der Waals surface area contributed by atoms with Gasteiger partial charge in [-0.2, -0.15) is 13.2 Å². The minimum absolute atomic E-state index is 0.130. The standard InChI is InChI=1S/C12H14F3NO2/c13-12(14,15)8-2-1-3-10(4-8)18-11-5-9(16)6-17-7-11/h1-4,9,11H,5-7,16H2. The van der Waals surface area contributed by atoms with Gasteiger partial charge in [0.1, 0.15) is 11.9 Å². The monoisotopic (exact) mass is 261 g/mol. The molecule has 6 heteroatoms. The molecule has 0 amide bonds. The van der Waals surface area contributed by atoms with E-state index in [0.29, 0.717) is 19.6 Å². The van der Waals surface area contributed by atoms with Crippen molar-refractivity contribution in [3.8, 4) is 5.75 Å². The smallest absolute Gasteiger partial charge is 0.416 e. The van der Waals surface area contributed by atoms with Crippen LogP contribution < -0.4 is 10.5 Å². The highest BCUT2D eigenvalue weighted by Crippen LogP contribution is 2.31. The highest BCUT2D eigenvalue weighted by Gasteiger charge is 2.31. The SMILES string of the molecule is NC1COCC(Oc2cccc(C(F)(F)F)c2)C1. The third kappa shape index (κ3) is 3.36. The Morgan fingerprint density at radius 1 is 1.28 bits per heavy atom. The second-order valence-corrected chi connectivity index (χ2v) is 4.30. The number of hydrogen-bond acceptors (Lipinski definition) is 3. The molecule has 0 spiro atoms. The number of hydrogen-bond donors (Lipinski definition) is 1. The van der Waals surface area contributed by atoms with E-state index in [1.807, 2.05) is 0 Å². The zero-order chi connectivity index (χ0) is 13.2. The second-order valence-electron chi connectivity index (χ2n) is 4.30. The van der Waals surface area contributed by atoms with Crippen molar-refractivity contribution in [3.63, 3.8) is 0 Å². The van der Waals surface area contributed by atoms with Crippen LogP contribution in [0.25, 0.3) is 0 Å². The van der Waals surface area contributed by atoms with Crippen molar-refractivity contribution in [2.45, 2.75) is 24.7 Å². The molecule has 2 unspecified atom stereocenters. The van der Waals surface area contributed by atoms with Gasteiger partial charge in [0.25, 0.3) is 0 Å². The molecule has 1 aliphatic heterocycles. The van der Waals surface area contributed by atoms with Gasteiger partial charge in [0.2, 0.25) is 0 Å². The van der Waals surface area contributed by atoms with Gasteiger partial charge in [0, 0.05) is 12.5 Å². The molecule has 1 aliphatic rings. The van der Waals surface area contributed by atoms with E-state index in [4.69, 9.17) is 15.2 Å². The first-order chi connectivity index (χ1) is 8.45. The van der Waals surface area contributed by atoms with Crippen molar-refractivity contribution in [2.24, 2.45) is 5.73 Å². The van der Waals surface area contributed by atoms with E-state index < -0.39 is 11.7 Å². The van der Waals surface area contributed by atoms with Crippen LogP contribution in [0, 0.1) is 0 Å². The molecule has 1 aromatic rings. The Labute approximate surface area is 103 Å². The van der Waals surface area contributed by atoms with Gasteiger partial charge >= 0.3 is 6.18 Å². The summed E-state index contributed by atoms with van der Waals surface area (Å²) in [5, 5.41) is 0. The highest BCUT2D eigenvalue weighted by molar-refractivity contribution is 5.30. The molecule has 1 aromatic carbocycles. The van der Waals surface area contributed by atoms with Crippen LogP contribution in [0.3, 0.4) is 0 Å². The summed E-state index contributed by atoms with van der Waals surface area (Å²) >= 11 is 0. The third-order valence-electron chi connectivity index (χ3n) is 2.67. The molecule has 0 bridgehead atoms. The molecule has 0 aliphatic carbocycles. The van der Waals surface area contributed by atoms with Gasteiger partial charge in [-0.25, -0.2) is 0 Å². The summed E-state index contributed by atoms with van der Waals surface area (Å²) in [5.74, 6) is 0.188. The average molecular weight is 261 g/mol. The van der Waals surface area contributed by atoms with Crippen molar-refractivity contribution in [1.29, 1.82) is 0 Å². The Balaban J connectivity index is 2.05. The van der Waals surface area contributed by atoms with Gasteiger partial charge in [-0.3, -0.25) is 0 Å². The van der Waals surface area contributed by atoms with Crippen LogP contribution in [0.1, 0.15) is 12.0 Å². The Morgan fingerprint density at radius 3 is 2.72 bits per heavy atom. The minimum Gasteiger partial charge on any atom is -0.488 e. The Morgan fingerprint density at radius 2 is 2.06 bits per heavy atom. The van der Waals surface area contributed by atoms with Crippen LogP contribution in [0.4, 0.5) is 13.2 Å². The molecule has 1 saturated heterocycles. The van der Waals surface area contributed by atoms with Crippen molar-refractivity contribution in [3.05, 3.63) is 29.8 Å². The fourth-order valence-corrected chi connectivity index (χ4v) is 1.84. The predicted molar refractivity (Wildman–Crippen MR) is 59.3 cm³/mol. The molecule has 0 saturated carbocycles. The normalized spacial score (nSPS) is 24.9. The predicted octanol–water partition coefficient (Wildman–Crippen LogP) is 2.20. The van der Waals surface area contributed by atoms with E-state index >= 15 is 0 Å². The van der Waals surface area contributed by atoms with Crippen LogP contribution >= 0.6 is 0 Å². The number of rotatable bonds is 2. The summed E-state index contributed by atoms with van der Waals surface area (Å²) in [5.41, 5.74) is 4.97. The van der Waals surface area contributed by atoms with E-state index in [2.05, 4.69) is 0 Å². The fourth-order valence-electron chi connectivity index (χ4n) is 1.84. The summed E-state index contributed by atoms with van der Waals surface area (Å²) in [4.78, 5) is 0. The molecule has 1 fully saturated rings. The summed E-state index contributed by atoms with van der Waals surface area (Å²) in [6.45, 7) is 0.812. The molecule has 1 heterocycles. The van der Waals surface area contributed by atoms with Gasteiger partial charge in [-0.15, -0.1) is 0 Å². The molecule has 0 aromatic heterocycles.